The SMILES string of the molecule is CN(c1cccc(NC(=O)C2CCN(S(=O)(=O)Cc3cccc(Cl)c3)CC2)c1)S(C)(=O)=O. The van der Waals surface area contributed by atoms with Gasteiger partial charge in [0.15, 0.2) is 0 Å². The summed E-state index contributed by atoms with van der Waals surface area (Å²) < 4.78 is 51.5. The number of amides is 1. The van der Waals surface area contributed by atoms with Gasteiger partial charge < -0.3 is 5.32 Å². The van der Waals surface area contributed by atoms with Crippen molar-refractivity contribution in [2.75, 3.05) is 36.0 Å². The monoisotopic (exact) mass is 499 g/mol. The number of carbonyl (C=O) groups excluding carboxylic acids is 1. The molecule has 3 rings (SSSR count). The smallest absolute Gasteiger partial charge is 0.231 e. The molecule has 1 fully saturated rings. The second kappa shape index (κ2) is 9.78. The van der Waals surface area contributed by atoms with Crippen molar-refractivity contribution in [3.05, 3.63) is 59.1 Å². The molecule has 0 radical (unpaired) electrons. The highest BCUT2D eigenvalue weighted by Gasteiger charge is 2.31. The Morgan fingerprint density at radius 1 is 1.09 bits per heavy atom. The number of nitrogens with one attached hydrogen (secondary N) is 1. The number of piperidine rings is 1. The van der Waals surface area contributed by atoms with E-state index in [1.807, 2.05) is 0 Å². The lowest BCUT2D eigenvalue weighted by Crippen LogP contribution is -2.41. The fourth-order valence-electron chi connectivity index (χ4n) is 3.54. The summed E-state index contributed by atoms with van der Waals surface area (Å²) in [7, 11) is -5.49. The van der Waals surface area contributed by atoms with Gasteiger partial charge in [0.25, 0.3) is 0 Å². The average Bonchev–Trinajstić information content (AvgIpc) is 2.72. The molecular weight excluding hydrogens is 474 g/mol. The molecule has 0 aromatic heterocycles. The zero-order valence-electron chi connectivity index (χ0n) is 17.9. The van der Waals surface area contributed by atoms with Crippen LogP contribution < -0.4 is 9.62 Å². The van der Waals surface area contributed by atoms with Crippen molar-refractivity contribution in [1.82, 2.24) is 4.31 Å². The van der Waals surface area contributed by atoms with Gasteiger partial charge in [0.2, 0.25) is 26.0 Å². The molecule has 1 amide bonds. The normalized spacial score (nSPS) is 16.0. The third kappa shape index (κ3) is 6.22. The topological polar surface area (TPSA) is 104 Å². The molecular formula is C21H26ClN3O5S2. The first kappa shape index (κ1) is 24.5. The summed E-state index contributed by atoms with van der Waals surface area (Å²) in [5, 5.41) is 3.30. The van der Waals surface area contributed by atoms with Gasteiger partial charge in [-0.25, -0.2) is 21.1 Å². The van der Waals surface area contributed by atoms with Crippen LogP contribution in [0.25, 0.3) is 0 Å². The highest BCUT2D eigenvalue weighted by Crippen LogP contribution is 2.25. The maximum absolute atomic E-state index is 12.7. The molecule has 0 saturated carbocycles. The number of hydrogen-bond acceptors (Lipinski definition) is 5. The summed E-state index contributed by atoms with van der Waals surface area (Å²) >= 11 is 5.94. The summed E-state index contributed by atoms with van der Waals surface area (Å²) in [4.78, 5) is 12.7. The largest absolute Gasteiger partial charge is 0.326 e. The van der Waals surface area contributed by atoms with Crippen molar-refractivity contribution in [3.8, 4) is 0 Å². The van der Waals surface area contributed by atoms with Gasteiger partial charge in [-0.3, -0.25) is 9.10 Å². The minimum atomic E-state index is -3.51. The zero-order chi connectivity index (χ0) is 23.5. The van der Waals surface area contributed by atoms with Gasteiger partial charge in [0.05, 0.1) is 17.7 Å². The molecule has 8 nitrogen and oxygen atoms in total. The van der Waals surface area contributed by atoms with E-state index in [1.165, 1.54) is 11.4 Å². The summed E-state index contributed by atoms with van der Waals surface area (Å²) in [5.41, 5.74) is 1.54. The third-order valence-electron chi connectivity index (χ3n) is 5.43. The van der Waals surface area contributed by atoms with E-state index in [2.05, 4.69) is 5.32 Å². The second-order valence-electron chi connectivity index (χ2n) is 7.83. The Morgan fingerprint density at radius 2 is 1.75 bits per heavy atom. The van der Waals surface area contributed by atoms with Gasteiger partial charge in [-0.1, -0.05) is 29.8 Å². The van der Waals surface area contributed by atoms with Gasteiger partial charge in [-0.2, -0.15) is 0 Å². The fraction of sp³-hybridized carbons (Fsp3) is 0.381. The Hall–Kier alpha value is -2.14. The van der Waals surface area contributed by atoms with Crippen LogP contribution in [-0.2, 0) is 30.6 Å². The van der Waals surface area contributed by atoms with Gasteiger partial charge in [0, 0.05) is 36.8 Å². The maximum Gasteiger partial charge on any atom is 0.231 e. The molecule has 2 aromatic carbocycles. The van der Waals surface area contributed by atoms with Crippen LogP contribution in [-0.4, -0.2) is 53.4 Å². The first-order valence-electron chi connectivity index (χ1n) is 10.0. The number of halogens is 1. The molecule has 1 aliphatic rings. The van der Waals surface area contributed by atoms with Crippen molar-refractivity contribution < 1.29 is 21.6 Å². The first-order valence-corrected chi connectivity index (χ1v) is 13.9. The molecule has 174 valence electrons. The molecule has 32 heavy (non-hydrogen) atoms. The summed E-state index contributed by atoms with van der Waals surface area (Å²) in [6.45, 7) is 0.523. The van der Waals surface area contributed by atoms with Crippen molar-refractivity contribution in [2.24, 2.45) is 5.92 Å². The van der Waals surface area contributed by atoms with Gasteiger partial charge in [0.1, 0.15) is 0 Å². The molecule has 11 heteroatoms. The standard InChI is InChI=1S/C21H26ClN3O5S2/c1-24(31(2,27)28)20-8-4-7-19(14-20)23-21(26)17-9-11-25(12-10-17)32(29,30)15-16-5-3-6-18(22)13-16/h3-8,13-14,17H,9-12,15H2,1-2H3,(H,23,26). The molecule has 0 spiro atoms. The highest BCUT2D eigenvalue weighted by molar-refractivity contribution is 7.92. The van der Waals surface area contributed by atoms with E-state index in [4.69, 9.17) is 11.6 Å². The van der Waals surface area contributed by atoms with Crippen LogP contribution in [0.5, 0.6) is 0 Å². The molecule has 0 bridgehead atoms. The molecule has 1 N–H and O–H groups in total. The minimum absolute atomic E-state index is 0.134. The Labute approximate surface area is 194 Å². The zero-order valence-corrected chi connectivity index (χ0v) is 20.3. The van der Waals surface area contributed by atoms with Crippen molar-refractivity contribution >= 4 is 48.9 Å². The van der Waals surface area contributed by atoms with E-state index in [0.29, 0.717) is 34.8 Å². The van der Waals surface area contributed by atoms with E-state index in [0.717, 1.165) is 10.6 Å². The van der Waals surface area contributed by atoms with Crippen LogP contribution in [0.1, 0.15) is 18.4 Å². The Balaban J connectivity index is 1.59. The van der Waals surface area contributed by atoms with Gasteiger partial charge in [-0.15, -0.1) is 0 Å². The number of carbonyl (C=O) groups is 1. The van der Waals surface area contributed by atoms with Crippen LogP contribution in [0.15, 0.2) is 48.5 Å². The Kier molecular flexibility index (Phi) is 7.49. The summed E-state index contributed by atoms with van der Waals surface area (Å²) in [5.74, 6) is -0.676. The number of anilines is 2. The quantitative estimate of drug-likeness (QED) is 0.630. The lowest BCUT2D eigenvalue weighted by atomic mass is 9.97. The lowest BCUT2D eigenvalue weighted by Gasteiger charge is -2.30. The molecule has 0 aliphatic carbocycles. The number of benzene rings is 2. The van der Waals surface area contributed by atoms with Crippen molar-refractivity contribution in [3.63, 3.8) is 0 Å². The van der Waals surface area contributed by atoms with Crippen LogP contribution >= 0.6 is 11.6 Å². The fourth-order valence-corrected chi connectivity index (χ4v) is 5.80. The third-order valence-corrected chi connectivity index (χ3v) is 8.72. The second-order valence-corrected chi connectivity index (χ2v) is 12.2. The first-order chi connectivity index (χ1) is 15.0. The van der Waals surface area contributed by atoms with E-state index in [9.17, 15) is 21.6 Å². The Bertz CT molecular complexity index is 1190. The van der Waals surface area contributed by atoms with Crippen LogP contribution in [0.4, 0.5) is 11.4 Å². The predicted octanol–water partition coefficient (Wildman–Crippen LogP) is 2.92. The van der Waals surface area contributed by atoms with Crippen molar-refractivity contribution in [1.29, 1.82) is 0 Å². The Morgan fingerprint density at radius 3 is 2.38 bits per heavy atom. The van der Waals surface area contributed by atoms with E-state index < -0.39 is 20.0 Å². The molecule has 0 unspecified atom stereocenters. The van der Waals surface area contributed by atoms with Gasteiger partial charge >= 0.3 is 0 Å². The maximum atomic E-state index is 12.7. The van der Waals surface area contributed by atoms with Crippen LogP contribution in [0, 0.1) is 5.92 Å². The summed E-state index contributed by atoms with van der Waals surface area (Å²) in [6, 6.07) is 13.3. The van der Waals surface area contributed by atoms with E-state index in [1.54, 1.807) is 48.5 Å². The molecule has 2 aromatic rings. The number of rotatable bonds is 7. The van der Waals surface area contributed by atoms with Crippen LogP contribution in [0.2, 0.25) is 5.02 Å². The molecule has 0 atom stereocenters. The number of sulfonamides is 2. The summed E-state index contributed by atoms with van der Waals surface area (Å²) in [6.07, 6.45) is 1.92. The molecule has 1 saturated heterocycles. The minimum Gasteiger partial charge on any atom is -0.326 e. The number of hydrogen-bond donors (Lipinski definition) is 1. The predicted molar refractivity (Wildman–Crippen MR) is 127 cm³/mol. The molecule has 1 heterocycles. The molecule has 1 aliphatic heterocycles. The van der Waals surface area contributed by atoms with E-state index in [-0.39, 0.29) is 30.7 Å². The van der Waals surface area contributed by atoms with Crippen LogP contribution in [0.3, 0.4) is 0 Å². The van der Waals surface area contributed by atoms with E-state index >= 15 is 0 Å². The highest BCUT2D eigenvalue weighted by atomic mass is 35.5. The van der Waals surface area contributed by atoms with Gasteiger partial charge in [-0.05, 0) is 48.7 Å². The lowest BCUT2D eigenvalue weighted by molar-refractivity contribution is -0.120. The average molecular weight is 500 g/mol. The number of nitrogens with zero attached hydrogens (tertiary/aromatic N) is 2. The van der Waals surface area contributed by atoms with Crippen molar-refractivity contribution in [2.45, 2.75) is 18.6 Å².